The number of hydrogen-bond donors (Lipinski definition) is 2. The summed E-state index contributed by atoms with van der Waals surface area (Å²) in [4.78, 5) is 15.2. The molecular weight excluding hydrogens is 198 g/mol. The molecule has 1 aromatic heterocycles. The molecule has 1 amide bonds. The summed E-state index contributed by atoms with van der Waals surface area (Å²) in [5.41, 5.74) is 5.58. The predicted octanol–water partition coefficient (Wildman–Crippen LogP) is -0.826. The molecule has 1 heterocycles. The standard InChI is InChI=1S/C8H13N5O2/c1-15-5-2-6(9)7(14)12-8-10-3-4-11-13-8/h3-4,6H,2,5,9H2,1H3,(H,10,12,13,14). The van der Waals surface area contributed by atoms with Gasteiger partial charge in [-0.2, -0.15) is 5.10 Å². The molecule has 0 saturated heterocycles. The minimum absolute atomic E-state index is 0.148. The molecule has 0 bridgehead atoms. The molecule has 82 valence electrons. The number of aromatic nitrogens is 3. The average molecular weight is 211 g/mol. The number of nitrogens with two attached hydrogens (primary N) is 1. The molecule has 3 N–H and O–H groups in total. The number of carbonyl (C=O) groups excluding carboxylic acids is 1. The minimum Gasteiger partial charge on any atom is -0.385 e. The highest BCUT2D eigenvalue weighted by atomic mass is 16.5. The van der Waals surface area contributed by atoms with Gasteiger partial charge in [-0.3, -0.25) is 10.1 Å². The second-order valence-corrected chi connectivity index (χ2v) is 2.84. The van der Waals surface area contributed by atoms with Gasteiger partial charge in [0.2, 0.25) is 11.9 Å². The van der Waals surface area contributed by atoms with Crippen molar-refractivity contribution in [2.24, 2.45) is 5.73 Å². The molecule has 0 aliphatic rings. The molecule has 1 unspecified atom stereocenters. The van der Waals surface area contributed by atoms with Crippen molar-refractivity contribution in [1.82, 2.24) is 15.2 Å². The predicted molar refractivity (Wildman–Crippen MR) is 52.9 cm³/mol. The normalized spacial score (nSPS) is 12.1. The van der Waals surface area contributed by atoms with E-state index in [4.69, 9.17) is 10.5 Å². The third kappa shape index (κ3) is 3.96. The van der Waals surface area contributed by atoms with E-state index >= 15 is 0 Å². The van der Waals surface area contributed by atoms with Crippen LogP contribution in [0.5, 0.6) is 0 Å². The van der Waals surface area contributed by atoms with Crippen LogP contribution in [-0.4, -0.2) is 40.8 Å². The van der Waals surface area contributed by atoms with Crippen molar-refractivity contribution in [3.63, 3.8) is 0 Å². The van der Waals surface area contributed by atoms with Gasteiger partial charge in [0.25, 0.3) is 0 Å². The number of nitrogens with zero attached hydrogens (tertiary/aromatic N) is 3. The maximum atomic E-state index is 11.4. The Morgan fingerprint density at radius 2 is 2.47 bits per heavy atom. The zero-order valence-corrected chi connectivity index (χ0v) is 8.38. The molecule has 0 radical (unpaired) electrons. The van der Waals surface area contributed by atoms with Crippen LogP contribution < -0.4 is 11.1 Å². The van der Waals surface area contributed by atoms with Gasteiger partial charge in [0, 0.05) is 13.7 Å². The lowest BCUT2D eigenvalue weighted by Crippen LogP contribution is -2.37. The largest absolute Gasteiger partial charge is 0.385 e. The molecule has 1 atom stereocenters. The lowest BCUT2D eigenvalue weighted by molar-refractivity contribution is -0.117. The molecule has 0 aromatic carbocycles. The van der Waals surface area contributed by atoms with Crippen LogP contribution in [0.2, 0.25) is 0 Å². The van der Waals surface area contributed by atoms with Crippen LogP contribution in [-0.2, 0) is 9.53 Å². The summed E-state index contributed by atoms with van der Waals surface area (Å²) in [5, 5.41) is 9.61. The second-order valence-electron chi connectivity index (χ2n) is 2.84. The topological polar surface area (TPSA) is 103 Å². The molecule has 0 fully saturated rings. The third-order valence-corrected chi connectivity index (χ3v) is 1.69. The summed E-state index contributed by atoms with van der Waals surface area (Å²) in [6, 6.07) is -0.631. The van der Waals surface area contributed by atoms with Crippen LogP contribution in [0.1, 0.15) is 6.42 Å². The summed E-state index contributed by atoms with van der Waals surface area (Å²) in [7, 11) is 1.55. The van der Waals surface area contributed by atoms with Crippen molar-refractivity contribution in [2.45, 2.75) is 12.5 Å². The van der Waals surface area contributed by atoms with Gasteiger partial charge in [0.15, 0.2) is 0 Å². The van der Waals surface area contributed by atoms with Crippen LogP contribution in [0, 0.1) is 0 Å². The van der Waals surface area contributed by atoms with Gasteiger partial charge in [-0.05, 0) is 6.42 Å². The molecule has 7 nitrogen and oxygen atoms in total. The first kappa shape index (κ1) is 11.5. The molecule has 7 heteroatoms. The smallest absolute Gasteiger partial charge is 0.249 e. The zero-order valence-electron chi connectivity index (χ0n) is 8.38. The van der Waals surface area contributed by atoms with Crippen molar-refractivity contribution in [1.29, 1.82) is 0 Å². The first-order valence-corrected chi connectivity index (χ1v) is 4.43. The van der Waals surface area contributed by atoms with Gasteiger partial charge in [-0.25, -0.2) is 4.98 Å². The number of hydrogen-bond acceptors (Lipinski definition) is 6. The van der Waals surface area contributed by atoms with Gasteiger partial charge in [0.05, 0.1) is 18.4 Å². The van der Waals surface area contributed by atoms with Crippen LogP contribution in [0.3, 0.4) is 0 Å². The quantitative estimate of drug-likeness (QED) is 0.659. The molecule has 1 rings (SSSR count). The number of rotatable bonds is 5. The fourth-order valence-electron chi connectivity index (χ4n) is 0.884. The van der Waals surface area contributed by atoms with Crippen molar-refractivity contribution in [2.75, 3.05) is 19.0 Å². The maximum absolute atomic E-state index is 11.4. The Morgan fingerprint density at radius 1 is 1.67 bits per heavy atom. The molecule has 0 spiro atoms. The Morgan fingerprint density at radius 3 is 3.07 bits per heavy atom. The number of ether oxygens (including phenoxy) is 1. The Bertz CT molecular complexity index is 305. The number of carbonyl (C=O) groups is 1. The van der Waals surface area contributed by atoms with E-state index in [0.29, 0.717) is 13.0 Å². The van der Waals surface area contributed by atoms with Crippen LogP contribution in [0.15, 0.2) is 12.4 Å². The molecule has 1 aromatic rings. The number of methoxy groups -OCH3 is 1. The van der Waals surface area contributed by atoms with E-state index in [9.17, 15) is 4.79 Å². The van der Waals surface area contributed by atoms with E-state index in [1.807, 2.05) is 0 Å². The van der Waals surface area contributed by atoms with Crippen molar-refractivity contribution < 1.29 is 9.53 Å². The Labute approximate surface area is 87.0 Å². The molecule has 0 aliphatic heterocycles. The summed E-state index contributed by atoms with van der Waals surface area (Å²) in [5.74, 6) is -0.199. The van der Waals surface area contributed by atoms with Crippen molar-refractivity contribution in [3.05, 3.63) is 12.4 Å². The third-order valence-electron chi connectivity index (χ3n) is 1.69. The van der Waals surface area contributed by atoms with Crippen LogP contribution >= 0.6 is 0 Å². The van der Waals surface area contributed by atoms with Gasteiger partial charge < -0.3 is 10.5 Å². The Hall–Kier alpha value is -1.60. The highest BCUT2D eigenvalue weighted by molar-refractivity contribution is 5.93. The van der Waals surface area contributed by atoms with E-state index in [2.05, 4.69) is 20.5 Å². The Balaban J connectivity index is 2.42. The van der Waals surface area contributed by atoms with E-state index in [-0.39, 0.29) is 11.9 Å². The highest BCUT2D eigenvalue weighted by Gasteiger charge is 2.13. The van der Waals surface area contributed by atoms with E-state index < -0.39 is 6.04 Å². The van der Waals surface area contributed by atoms with Gasteiger partial charge in [-0.1, -0.05) is 0 Å². The fraction of sp³-hybridized carbons (Fsp3) is 0.500. The monoisotopic (exact) mass is 211 g/mol. The summed E-state index contributed by atoms with van der Waals surface area (Å²) in [6.45, 7) is 0.433. The number of nitrogens with one attached hydrogen (secondary N) is 1. The molecule has 0 aliphatic carbocycles. The summed E-state index contributed by atoms with van der Waals surface area (Å²) >= 11 is 0. The SMILES string of the molecule is COCCC(N)C(=O)Nc1nccnn1. The lowest BCUT2D eigenvalue weighted by atomic mass is 10.2. The highest BCUT2D eigenvalue weighted by Crippen LogP contribution is 1.96. The van der Waals surface area contributed by atoms with E-state index in [1.54, 1.807) is 7.11 Å². The summed E-state index contributed by atoms with van der Waals surface area (Å²) in [6.07, 6.45) is 3.30. The Kier molecular flexibility index (Phi) is 4.58. The molecular formula is C8H13N5O2. The maximum Gasteiger partial charge on any atom is 0.249 e. The minimum atomic E-state index is -0.631. The van der Waals surface area contributed by atoms with E-state index in [1.165, 1.54) is 12.4 Å². The second kappa shape index (κ2) is 5.99. The molecule has 15 heavy (non-hydrogen) atoms. The van der Waals surface area contributed by atoms with Gasteiger partial charge >= 0.3 is 0 Å². The van der Waals surface area contributed by atoms with Crippen LogP contribution in [0.4, 0.5) is 5.95 Å². The van der Waals surface area contributed by atoms with Gasteiger partial charge in [-0.15, -0.1) is 5.10 Å². The summed E-state index contributed by atoms with van der Waals surface area (Å²) < 4.78 is 4.81. The average Bonchev–Trinajstić information content (AvgIpc) is 2.27. The van der Waals surface area contributed by atoms with Crippen LogP contribution in [0.25, 0.3) is 0 Å². The molecule has 0 saturated carbocycles. The zero-order chi connectivity index (χ0) is 11.1. The first-order chi connectivity index (χ1) is 7.24. The van der Waals surface area contributed by atoms with Gasteiger partial charge in [0.1, 0.15) is 0 Å². The lowest BCUT2D eigenvalue weighted by Gasteiger charge is -2.09. The number of amides is 1. The van der Waals surface area contributed by atoms with Crippen molar-refractivity contribution in [3.8, 4) is 0 Å². The fourth-order valence-corrected chi connectivity index (χ4v) is 0.884. The first-order valence-electron chi connectivity index (χ1n) is 4.43. The number of anilines is 1. The van der Waals surface area contributed by atoms with E-state index in [0.717, 1.165) is 0 Å². The van der Waals surface area contributed by atoms with Crippen molar-refractivity contribution >= 4 is 11.9 Å².